The third kappa shape index (κ3) is 3.95. The van der Waals surface area contributed by atoms with Crippen molar-refractivity contribution in [2.45, 2.75) is 12.5 Å². The number of rotatable bonds is 6. The van der Waals surface area contributed by atoms with Gasteiger partial charge in [-0.25, -0.2) is 9.18 Å². The van der Waals surface area contributed by atoms with Gasteiger partial charge in [0.25, 0.3) is 0 Å². The number of halogens is 1. The van der Waals surface area contributed by atoms with Crippen LogP contribution in [0.3, 0.4) is 0 Å². The van der Waals surface area contributed by atoms with Crippen molar-refractivity contribution in [3.05, 3.63) is 66.0 Å². The maximum Gasteiger partial charge on any atom is 0.326 e. The molecule has 1 atom stereocenters. The highest BCUT2D eigenvalue weighted by Gasteiger charge is 2.21. The van der Waals surface area contributed by atoms with Gasteiger partial charge in [0.2, 0.25) is 5.91 Å². The monoisotopic (exact) mass is 342 g/mol. The molecule has 0 aliphatic rings. The summed E-state index contributed by atoms with van der Waals surface area (Å²) in [6, 6.07) is 6.45. The van der Waals surface area contributed by atoms with Crippen LogP contribution in [0.2, 0.25) is 0 Å². The highest BCUT2D eigenvalue weighted by molar-refractivity contribution is 5.94. The van der Waals surface area contributed by atoms with Gasteiger partial charge in [-0.2, -0.15) is 0 Å². The van der Waals surface area contributed by atoms with Gasteiger partial charge in [0.05, 0.1) is 6.26 Å². The van der Waals surface area contributed by atoms with E-state index in [0.717, 1.165) is 0 Å². The Morgan fingerprint density at radius 3 is 2.92 bits per heavy atom. The van der Waals surface area contributed by atoms with Gasteiger partial charge in [0.15, 0.2) is 0 Å². The van der Waals surface area contributed by atoms with Gasteiger partial charge in [-0.3, -0.25) is 4.79 Å². The molecule has 0 radical (unpaired) electrons. The SMILES string of the molecule is O=C(C=Cc1ccco1)NC(Cc1c[nH]c2cc(F)ccc12)C(=O)O. The molecule has 0 fully saturated rings. The molecule has 0 bridgehead atoms. The van der Waals surface area contributed by atoms with Gasteiger partial charge in [0.1, 0.15) is 17.6 Å². The van der Waals surface area contributed by atoms with Crippen LogP contribution in [0.5, 0.6) is 0 Å². The lowest BCUT2D eigenvalue weighted by atomic mass is 10.0. The number of carbonyl (C=O) groups is 2. The lowest BCUT2D eigenvalue weighted by molar-refractivity contribution is -0.141. The van der Waals surface area contributed by atoms with Gasteiger partial charge in [0, 0.05) is 29.6 Å². The Bertz CT molecular complexity index is 928. The summed E-state index contributed by atoms with van der Waals surface area (Å²) in [7, 11) is 0. The maximum absolute atomic E-state index is 13.2. The highest BCUT2D eigenvalue weighted by atomic mass is 19.1. The van der Waals surface area contributed by atoms with Crippen molar-refractivity contribution in [1.29, 1.82) is 0 Å². The predicted molar refractivity (Wildman–Crippen MR) is 89.3 cm³/mol. The first-order valence-corrected chi connectivity index (χ1v) is 7.53. The van der Waals surface area contributed by atoms with E-state index in [1.165, 1.54) is 30.5 Å². The summed E-state index contributed by atoms with van der Waals surface area (Å²) in [5.41, 5.74) is 1.25. The van der Waals surface area contributed by atoms with Crippen LogP contribution < -0.4 is 5.32 Å². The number of nitrogens with one attached hydrogen (secondary N) is 2. The molecule has 0 saturated heterocycles. The van der Waals surface area contributed by atoms with Gasteiger partial charge in [-0.15, -0.1) is 0 Å². The maximum atomic E-state index is 13.2. The van der Waals surface area contributed by atoms with E-state index < -0.39 is 17.9 Å². The number of hydrogen-bond acceptors (Lipinski definition) is 3. The van der Waals surface area contributed by atoms with Crippen molar-refractivity contribution in [2.75, 3.05) is 0 Å². The average molecular weight is 342 g/mol. The third-order valence-electron chi connectivity index (χ3n) is 3.71. The zero-order valence-electron chi connectivity index (χ0n) is 13.0. The first-order chi connectivity index (χ1) is 12.0. The summed E-state index contributed by atoms with van der Waals surface area (Å²) in [6.07, 6.45) is 5.81. The molecule has 1 aromatic carbocycles. The molecule has 0 saturated carbocycles. The van der Waals surface area contributed by atoms with Gasteiger partial charge in [-0.1, -0.05) is 0 Å². The summed E-state index contributed by atoms with van der Waals surface area (Å²) in [4.78, 5) is 26.3. The van der Waals surface area contributed by atoms with Crippen LogP contribution in [0, 0.1) is 5.82 Å². The quantitative estimate of drug-likeness (QED) is 0.600. The fraction of sp³-hybridized carbons (Fsp3) is 0.111. The van der Waals surface area contributed by atoms with Crippen LogP contribution in [0.15, 0.2) is 53.3 Å². The fourth-order valence-electron chi connectivity index (χ4n) is 2.51. The number of aromatic nitrogens is 1. The Morgan fingerprint density at radius 1 is 1.36 bits per heavy atom. The summed E-state index contributed by atoms with van der Waals surface area (Å²) in [5, 5.41) is 12.5. The number of H-pyrrole nitrogens is 1. The normalized spacial score (nSPS) is 12.5. The van der Waals surface area contributed by atoms with Crippen molar-refractivity contribution in [1.82, 2.24) is 10.3 Å². The molecule has 3 N–H and O–H groups in total. The predicted octanol–water partition coefficient (Wildman–Crippen LogP) is 2.73. The fourth-order valence-corrected chi connectivity index (χ4v) is 2.51. The minimum Gasteiger partial charge on any atom is -0.480 e. The Kier molecular flexibility index (Phi) is 4.65. The van der Waals surface area contributed by atoms with E-state index in [4.69, 9.17) is 4.42 Å². The van der Waals surface area contributed by atoms with E-state index in [0.29, 0.717) is 22.2 Å². The standard InChI is InChI=1S/C18H15FN2O4/c19-12-3-5-14-11(10-20-15(14)9-12)8-16(18(23)24)21-17(22)6-4-13-2-1-7-25-13/h1-7,9-10,16,20H,8H2,(H,21,22)(H,23,24). The van der Waals surface area contributed by atoms with Gasteiger partial charge < -0.3 is 19.8 Å². The Labute approximate surface area is 142 Å². The second-order valence-electron chi connectivity index (χ2n) is 5.46. The van der Waals surface area contributed by atoms with Gasteiger partial charge >= 0.3 is 5.97 Å². The van der Waals surface area contributed by atoms with E-state index in [9.17, 15) is 19.1 Å². The molecule has 3 aromatic rings. The molecule has 7 heteroatoms. The zero-order valence-corrected chi connectivity index (χ0v) is 13.0. The summed E-state index contributed by atoms with van der Waals surface area (Å²) in [5.74, 6) is -1.60. The first kappa shape index (κ1) is 16.5. The molecule has 1 unspecified atom stereocenters. The molecule has 0 aliphatic heterocycles. The summed E-state index contributed by atoms with van der Waals surface area (Å²) >= 11 is 0. The molecule has 3 rings (SSSR count). The minimum absolute atomic E-state index is 0.0707. The molecule has 2 aromatic heterocycles. The molecule has 25 heavy (non-hydrogen) atoms. The van der Waals surface area contributed by atoms with Crippen LogP contribution >= 0.6 is 0 Å². The van der Waals surface area contributed by atoms with Crippen LogP contribution in [-0.4, -0.2) is 28.0 Å². The lowest BCUT2D eigenvalue weighted by Gasteiger charge is -2.12. The Hall–Kier alpha value is -3.35. The van der Waals surface area contributed by atoms with Crippen LogP contribution in [0.4, 0.5) is 4.39 Å². The lowest BCUT2D eigenvalue weighted by Crippen LogP contribution is -2.41. The molecule has 0 spiro atoms. The highest BCUT2D eigenvalue weighted by Crippen LogP contribution is 2.20. The van der Waals surface area contributed by atoms with E-state index in [1.807, 2.05) is 0 Å². The number of furan rings is 1. The number of aliphatic carboxylic acids is 1. The van der Waals surface area contributed by atoms with Crippen molar-refractivity contribution in [2.24, 2.45) is 0 Å². The Morgan fingerprint density at radius 2 is 2.20 bits per heavy atom. The number of amides is 1. The molecule has 1 amide bonds. The van der Waals surface area contributed by atoms with Crippen LogP contribution in [0.1, 0.15) is 11.3 Å². The summed E-state index contributed by atoms with van der Waals surface area (Å²) < 4.78 is 18.3. The topological polar surface area (TPSA) is 95.3 Å². The molecule has 0 aliphatic carbocycles. The smallest absolute Gasteiger partial charge is 0.326 e. The second-order valence-corrected chi connectivity index (χ2v) is 5.46. The molecular formula is C18H15FN2O4. The average Bonchev–Trinajstić information content (AvgIpc) is 3.22. The first-order valence-electron chi connectivity index (χ1n) is 7.53. The van der Waals surface area contributed by atoms with Crippen molar-refractivity contribution >= 4 is 28.9 Å². The van der Waals surface area contributed by atoms with Gasteiger partial charge in [-0.05, 0) is 42.0 Å². The number of carboxylic acids is 1. The van der Waals surface area contributed by atoms with Crippen molar-refractivity contribution in [3.8, 4) is 0 Å². The van der Waals surface area contributed by atoms with Crippen molar-refractivity contribution < 1.29 is 23.5 Å². The second kappa shape index (κ2) is 7.04. The summed E-state index contributed by atoms with van der Waals surface area (Å²) in [6.45, 7) is 0. The van der Waals surface area contributed by atoms with E-state index >= 15 is 0 Å². The zero-order chi connectivity index (χ0) is 17.8. The number of aromatic amines is 1. The van der Waals surface area contributed by atoms with E-state index in [2.05, 4.69) is 10.3 Å². The molecular weight excluding hydrogens is 327 g/mol. The van der Waals surface area contributed by atoms with E-state index in [1.54, 1.807) is 24.4 Å². The molecule has 6 nitrogen and oxygen atoms in total. The largest absolute Gasteiger partial charge is 0.480 e. The molecule has 2 heterocycles. The Balaban J connectivity index is 1.72. The number of fused-ring (bicyclic) bond motifs is 1. The number of carboxylic acid groups (broad SMARTS) is 1. The number of benzene rings is 1. The van der Waals surface area contributed by atoms with Crippen LogP contribution in [-0.2, 0) is 16.0 Å². The molecule has 128 valence electrons. The number of carbonyl (C=O) groups excluding carboxylic acids is 1. The van der Waals surface area contributed by atoms with Crippen LogP contribution in [0.25, 0.3) is 17.0 Å². The van der Waals surface area contributed by atoms with Crippen molar-refractivity contribution in [3.63, 3.8) is 0 Å². The number of hydrogen-bond donors (Lipinski definition) is 3. The third-order valence-corrected chi connectivity index (χ3v) is 3.71. The van der Waals surface area contributed by atoms with E-state index in [-0.39, 0.29) is 12.2 Å². The minimum atomic E-state index is -1.16.